The number of hydrogen-bond donors (Lipinski definition) is 1. The van der Waals surface area contributed by atoms with E-state index in [0.717, 1.165) is 36.9 Å². The molecule has 6 nitrogen and oxygen atoms in total. The van der Waals surface area contributed by atoms with Gasteiger partial charge in [-0.1, -0.05) is 11.6 Å². The number of nitrogens with two attached hydrogens (primary N) is 1. The Morgan fingerprint density at radius 1 is 1.23 bits per heavy atom. The molecule has 0 spiro atoms. The van der Waals surface area contributed by atoms with E-state index in [1.807, 2.05) is 29.2 Å². The van der Waals surface area contributed by atoms with Gasteiger partial charge in [-0.2, -0.15) is 0 Å². The molecule has 1 amide bonds. The Balaban J connectivity index is 1.87. The number of likely N-dealkylation sites (N-methyl/N-ethyl adjacent to an activating group) is 1. The first-order valence-corrected chi connectivity index (χ1v) is 7.60. The summed E-state index contributed by atoms with van der Waals surface area (Å²) < 4.78 is 0. The van der Waals surface area contributed by atoms with Gasteiger partial charge in [0.1, 0.15) is 6.54 Å². The molecule has 0 saturated carbocycles. The maximum absolute atomic E-state index is 11.5. The summed E-state index contributed by atoms with van der Waals surface area (Å²) in [4.78, 5) is 21.5. The molecule has 0 bridgehead atoms. The van der Waals surface area contributed by atoms with Crippen LogP contribution in [0.4, 0.5) is 5.69 Å². The molecular weight excluding hydrogens is 302 g/mol. The predicted octanol–water partition coefficient (Wildman–Crippen LogP) is 0.865. The average Bonchev–Trinajstić information content (AvgIpc) is 2.53. The molecule has 120 valence electrons. The molecule has 0 aliphatic carbocycles. The number of piperazine rings is 1. The van der Waals surface area contributed by atoms with Gasteiger partial charge in [0.2, 0.25) is 5.91 Å². The van der Waals surface area contributed by atoms with Crippen molar-refractivity contribution in [2.75, 3.05) is 51.7 Å². The van der Waals surface area contributed by atoms with Gasteiger partial charge in [0.25, 0.3) is 0 Å². The van der Waals surface area contributed by atoms with Crippen molar-refractivity contribution in [2.45, 2.75) is 0 Å². The van der Waals surface area contributed by atoms with Gasteiger partial charge in [-0.15, -0.1) is 0 Å². The zero-order valence-electron chi connectivity index (χ0n) is 13.0. The summed E-state index contributed by atoms with van der Waals surface area (Å²) in [5, 5.41) is 0.740. The van der Waals surface area contributed by atoms with Crippen molar-refractivity contribution in [1.29, 1.82) is 0 Å². The fourth-order valence-corrected chi connectivity index (χ4v) is 2.36. The highest BCUT2D eigenvalue weighted by Gasteiger charge is 2.18. The van der Waals surface area contributed by atoms with Gasteiger partial charge in [0.15, 0.2) is 5.96 Å². The monoisotopic (exact) mass is 323 g/mol. The number of aliphatic imine (C=N–C) groups is 1. The molecule has 1 aliphatic rings. The third-order valence-electron chi connectivity index (χ3n) is 3.67. The van der Waals surface area contributed by atoms with E-state index in [1.54, 1.807) is 14.1 Å². The second kappa shape index (κ2) is 7.35. The quantitative estimate of drug-likeness (QED) is 0.662. The number of rotatable bonds is 3. The van der Waals surface area contributed by atoms with Crippen molar-refractivity contribution in [3.8, 4) is 0 Å². The minimum Gasteiger partial charge on any atom is -0.370 e. The van der Waals surface area contributed by atoms with Crippen LogP contribution in [0.1, 0.15) is 0 Å². The Bertz CT molecular complexity index is 535. The lowest BCUT2D eigenvalue weighted by atomic mass is 10.2. The maximum atomic E-state index is 11.5. The second-order valence-corrected chi connectivity index (χ2v) is 5.85. The summed E-state index contributed by atoms with van der Waals surface area (Å²) in [7, 11) is 3.41. The van der Waals surface area contributed by atoms with Crippen LogP contribution in [0, 0.1) is 0 Å². The van der Waals surface area contributed by atoms with Gasteiger partial charge in [0.05, 0.1) is 0 Å². The lowest BCUT2D eigenvalue weighted by Gasteiger charge is -2.36. The standard InChI is InChI=1S/C15H22ClN5O/c1-19(2)14(22)11-18-15(17)21-9-7-20(8-10-21)13-5-3-12(16)4-6-13/h3-6H,7-11H2,1-2H3,(H2,17,18). The molecule has 0 unspecified atom stereocenters. The molecule has 1 aliphatic heterocycles. The Morgan fingerprint density at radius 2 is 1.82 bits per heavy atom. The van der Waals surface area contributed by atoms with Crippen LogP contribution >= 0.6 is 11.6 Å². The smallest absolute Gasteiger partial charge is 0.243 e. The fourth-order valence-electron chi connectivity index (χ4n) is 2.24. The van der Waals surface area contributed by atoms with E-state index >= 15 is 0 Å². The molecule has 2 N–H and O–H groups in total. The summed E-state index contributed by atoms with van der Waals surface area (Å²) in [5.41, 5.74) is 7.13. The lowest BCUT2D eigenvalue weighted by molar-refractivity contribution is -0.127. The van der Waals surface area contributed by atoms with Crippen LogP contribution in [0.15, 0.2) is 29.3 Å². The van der Waals surface area contributed by atoms with Crippen LogP contribution in [0.3, 0.4) is 0 Å². The van der Waals surface area contributed by atoms with Crippen molar-refractivity contribution < 1.29 is 4.79 Å². The van der Waals surface area contributed by atoms with Crippen LogP contribution in [0.5, 0.6) is 0 Å². The van der Waals surface area contributed by atoms with E-state index in [4.69, 9.17) is 17.3 Å². The van der Waals surface area contributed by atoms with E-state index in [1.165, 1.54) is 4.90 Å². The van der Waals surface area contributed by atoms with Gasteiger partial charge in [-0.3, -0.25) is 4.79 Å². The largest absolute Gasteiger partial charge is 0.370 e. The molecule has 1 aromatic carbocycles. The normalized spacial score (nSPS) is 15.9. The summed E-state index contributed by atoms with van der Waals surface area (Å²) in [6.45, 7) is 3.39. The SMILES string of the molecule is CN(C)C(=O)CN=C(N)N1CCN(c2ccc(Cl)cc2)CC1. The van der Waals surface area contributed by atoms with E-state index < -0.39 is 0 Å². The zero-order valence-corrected chi connectivity index (χ0v) is 13.8. The van der Waals surface area contributed by atoms with Crippen molar-refractivity contribution in [3.63, 3.8) is 0 Å². The first-order chi connectivity index (χ1) is 10.5. The van der Waals surface area contributed by atoms with Crippen LogP contribution < -0.4 is 10.6 Å². The Hall–Kier alpha value is -1.95. The molecule has 2 rings (SSSR count). The first kappa shape index (κ1) is 16.4. The highest BCUT2D eigenvalue weighted by Crippen LogP contribution is 2.19. The number of benzene rings is 1. The molecule has 7 heteroatoms. The number of carbonyl (C=O) groups is 1. The highest BCUT2D eigenvalue weighted by atomic mass is 35.5. The molecular formula is C15H22ClN5O. The predicted molar refractivity (Wildman–Crippen MR) is 90.4 cm³/mol. The molecule has 0 radical (unpaired) electrons. The number of halogens is 1. The van der Waals surface area contributed by atoms with Gasteiger partial charge in [-0.05, 0) is 24.3 Å². The van der Waals surface area contributed by atoms with Crippen LogP contribution in [-0.2, 0) is 4.79 Å². The van der Waals surface area contributed by atoms with E-state index in [-0.39, 0.29) is 12.5 Å². The number of nitrogens with zero attached hydrogens (tertiary/aromatic N) is 4. The lowest BCUT2D eigenvalue weighted by Crippen LogP contribution is -2.51. The average molecular weight is 324 g/mol. The topological polar surface area (TPSA) is 65.2 Å². The third kappa shape index (κ3) is 4.27. The fraction of sp³-hybridized carbons (Fsp3) is 0.467. The van der Waals surface area contributed by atoms with Crippen molar-refractivity contribution in [3.05, 3.63) is 29.3 Å². The van der Waals surface area contributed by atoms with Crippen LogP contribution in [0.25, 0.3) is 0 Å². The van der Waals surface area contributed by atoms with E-state index in [2.05, 4.69) is 9.89 Å². The molecule has 0 aromatic heterocycles. The summed E-state index contributed by atoms with van der Waals surface area (Å²) in [6.07, 6.45) is 0. The Labute approximate surface area is 136 Å². The van der Waals surface area contributed by atoms with Gasteiger partial charge in [0, 0.05) is 51.0 Å². The Kier molecular flexibility index (Phi) is 5.49. The summed E-state index contributed by atoms with van der Waals surface area (Å²) >= 11 is 5.91. The number of carbonyl (C=O) groups excluding carboxylic acids is 1. The number of anilines is 1. The molecule has 1 saturated heterocycles. The molecule has 1 heterocycles. The van der Waals surface area contributed by atoms with Crippen LogP contribution in [0.2, 0.25) is 5.02 Å². The van der Waals surface area contributed by atoms with Gasteiger partial charge < -0.3 is 20.4 Å². The first-order valence-electron chi connectivity index (χ1n) is 7.23. The molecule has 22 heavy (non-hydrogen) atoms. The van der Waals surface area contributed by atoms with E-state index in [0.29, 0.717) is 5.96 Å². The van der Waals surface area contributed by atoms with Gasteiger partial charge in [-0.25, -0.2) is 4.99 Å². The Morgan fingerprint density at radius 3 is 2.36 bits per heavy atom. The highest BCUT2D eigenvalue weighted by molar-refractivity contribution is 6.30. The molecule has 0 atom stereocenters. The number of hydrogen-bond acceptors (Lipinski definition) is 3. The van der Waals surface area contributed by atoms with Gasteiger partial charge >= 0.3 is 0 Å². The second-order valence-electron chi connectivity index (χ2n) is 5.41. The zero-order chi connectivity index (χ0) is 16.1. The maximum Gasteiger partial charge on any atom is 0.243 e. The van der Waals surface area contributed by atoms with E-state index in [9.17, 15) is 4.79 Å². The molecule has 1 aromatic rings. The molecule has 1 fully saturated rings. The summed E-state index contributed by atoms with van der Waals surface area (Å²) in [6, 6.07) is 7.83. The van der Waals surface area contributed by atoms with Crippen molar-refractivity contribution >= 4 is 29.2 Å². The third-order valence-corrected chi connectivity index (χ3v) is 3.92. The minimum absolute atomic E-state index is 0.0530. The minimum atomic E-state index is -0.0530. The summed E-state index contributed by atoms with van der Waals surface area (Å²) in [5.74, 6) is 0.383. The van der Waals surface area contributed by atoms with Crippen LogP contribution in [-0.4, -0.2) is 68.5 Å². The number of amides is 1. The van der Waals surface area contributed by atoms with Crippen molar-refractivity contribution in [1.82, 2.24) is 9.80 Å². The van der Waals surface area contributed by atoms with Crippen molar-refractivity contribution in [2.24, 2.45) is 10.7 Å². The number of guanidine groups is 1.